The highest BCUT2D eigenvalue weighted by Gasteiger charge is 2.36. The van der Waals surface area contributed by atoms with Crippen LogP contribution in [0.4, 0.5) is 0 Å². The van der Waals surface area contributed by atoms with Gasteiger partial charge in [0.2, 0.25) is 11.8 Å². The molecule has 0 N–H and O–H groups in total. The van der Waals surface area contributed by atoms with Crippen LogP contribution in [-0.4, -0.2) is 71.8 Å². The SMILES string of the molecule is CC(C)[C@H](C(=O)N1CCN(C(=O)C2CCC2)CC1)N1CCCCC1. The molecule has 0 bridgehead atoms. The third kappa shape index (κ3) is 3.76. The van der Waals surface area contributed by atoms with Crippen LogP contribution in [0.2, 0.25) is 0 Å². The maximum atomic E-state index is 13.1. The first kappa shape index (κ1) is 17.7. The fourth-order valence-electron chi connectivity index (χ4n) is 4.31. The summed E-state index contributed by atoms with van der Waals surface area (Å²) in [7, 11) is 0. The number of carbonyl (C=O) groups excluding carboxylic acids is 2. The summed E-state index contributed by atoms with van der Waals surface area (Å²) in [4.78, 5) is 31.8. The molecular weight excluding hydrogens is 302 g/mol. The number of piperazine rings is 1. The van der Waals surface area contributed by atoms with Crippen molar-refractivity contribution in [3.63, 3.8) is 0 Å². The third-order valence-corrected chi connectivity index (χ3v) is 6.03. The highest BCUT2D eigenvalue weighted by atomic mass is 16.2. The van der Waals surface area contributed by atoms with Crippen molar-refractivity contribution in [1.82, 2.24) is 14.7 Å². The van der Waals surface area contributed by atoms with E-state index in [-0.39, 0.29) is 17.9 Å². The molecular formula is C19H33N3O2. The molecule has 3 fully saturated rings. The molecule has 1 aliphatic carbocycles. The zero-order valence-corrected chi connectivity index (χ0v) is 15.4. The van der Waals surface area contributed by atoms with E-state index in [0.717, 1.165) is 25.9 Å². The van der Waals surface area contributed by atoms with E-state index in [1.54, 1.807) is 0 Å². The first-order valence-corrected chi connectivity index (χ1v) is 9.89. The first-order chi connectivity index (χ1) is 11.6. The first-order valence-electron chi connectivity index (χ1n) is 9.89. The van der Waals surface area contributed by atoms with E-state index in [9.17, 15) is 9.59 Å². The predicted octanol–water partition coefficient (Wildman–Crippen LogP) is 1.97. The monoisotopic (exact) mass is 335 g/mol. The van der Waals surface area contributed by atoms with Crippen molar-refractivity contribution in [3.05, 3.63) is 0 Å². The number of piperidine rings is 1. The van der Waals surface area contributed by atoms with Gasteiger partial charge in [0.05, 0.1) is 6.04 Å². The van der Waals surface area contributed by atoms with E-state index in [1.165, 1.54) is 25.7 Å². The highest BCUT2D eigenvalue weighted by Crippen LogP contribution is 2.28. The summed E-state index contributed by atoms with van der Waals surface area (Å²) in [5.74, 6) is 1.21. The Morgan fingerprint density at radius 1 is 0.792 bits per heavy atom. The summed E-state index contributed by atoms with van der Waals surface area (Å²) >= 11 is 0. The maximum Gasteiger partial charge on any atom is 0.240 e. The Morgan fingerprint density at radius 3 is 1.88 bits per heavy atom. The van der Waals surface area contributed by atoms with Crippen LogP contribution in [0.3, 0.4) is 0 Å². The van der Waals surface area contributed by atoms with Gasteiger partial charge in [-0.2, -0.15) is 0 Å². The van der Waals surface area contributed by atoms with Crippen LogP contribution in [0.25, 0.3) is 0 Å². The number of rotatable bonds is 4. The van der Waals surface area contributed by atoms with E-state index in [0.29, 0.717) is 38.0 Å². The summed E-state index contributed by atoms with van der Waals surface area (Å²) in [5, 5.41) is 0. The van der Waals surface area contributed by atoms with Gasteiger partial charge in [0, 0.05) is 32.1 Å². The summed E-state index contributed by atoms with van der Waals surface area (Å²) < 4.78 is 0. The van der Waals surface area contributed by atoms with Crippen LogP contribution in [0, 0.1) is 11.8 Å². The molecule has 0 unspecified atom stereocenters. The minimum absolute atomic E-state index is 0.0131. The average molecular weight is 335 g/mol. The normalized spacial score (nSPS) is 24.8. The maximum absolute atomic E-state index is 13.1. The van der Waals surface area contributed by atoms with Crippen LogP contribution >= 0.6 is 0 Å². The van der Waals surface area contributed by atoms with Crippen LogP contribution < -0.4 is 0 Å². The Labute approximate surface area is 146 Å². The lowest BCUT2D eigenvalue weighted by Crippen LogP contribution is -2.58. The molecule has 0 radical (unpaired) electrons. The number of carbonyl (C=O) groups is 2. The molecule has 1 atom stereocenters. The largest absolute Gasteiger partial charge is 0.339 e. The molecule has 136 valence electrons. The molecule has 0 aromatic heterocycles. The van der Waals surface area contributed by atoms with Crippen molar-refractivity contribution < 1.29 is 9.59 Å². The molecule has 5 nitrogen and oxygen atoms in total. The molecule has 3 aliphatic rings. The van der Waals surface area contributed by atoms with E-state index >= 15 is 0 Å². The van der Waals surface area contributed by atoms with Crippen molar-refractivity contribution in [2.75, 3.05) is 39.3 Å². The summed E-state index contributed by atoms with van der Waals surface area (Å²) in [5.41, 5.74) is 0. The highest BCUT2D eigenvalue weighted by molar-refractivity contribution is 5.83. The van der Waals surface area contributed by atoms with E-state index in [4.69, 9.17) is 0 Å². The minimum atomic E-state index is 0.0131. The topological polar surface area (TPSA) is 43.9 Å². The quantitative estimate of drug-likeness (QED) is 0.789. The van der Waals surface area contributed by atoms with Crippen LogP contribution in [0.5, 0.6) is 0 Å². The van der Waals surface area contributed by atoms with Gasteiger partial charge in [-0.05, 0) is 44.7 Å². The van der Waals surface area contributed by atoms with Crippen molar-refractivity contribution in [2.45, 2.75) is 58.4 Å². The lowest BCUT2D eigenvalue weighted by molar-refractivity contribution is -0.147. The van der Waals surface area contributed by atoms with Crippen LogP contribution in [-0.2, 0) is 9.59 Å². The Bertz CT molecular complexity index is 448. The number of hydrogen-bond donors (Lipinski definition) is 0. The fourth-order valence-corrected chi connectivity index (χ4v) is 4.31. The third-order valence-electron chi connectivity index (χ3n) is 6.03. The van der Waals surface area contributed by atoms with Crippen LogP contribution in [0.15, 0.2) is 0 Å². The van der Waals surface area contributed by atoms with Gasteiger partial charge in [-0.15, -0.1) is 0 Å². The van der Waals surface area contributed by atoms with Gasteiger partial charge in [0.25, 0.3) is 0 Å². The van der Waals surface area contributed by atoms with E-state index in [2.05, 4.69) is 18.7 Å². The van der Waals surface area contributed by atoms with Crippen molar-refractivity contribution >= 4 is 11.8 Å². The second-order valence-electron chi connectivity index (χ2n) is 8.06. The number of nitrogens with zero attached hydrogens (tertiary/aromatic N) is 3. The molecule has 2 aliphatic heterocycles. The molecule has 2 saturated heterocycles. The Kier molecular flexibility index (Phi) is 5.80. The van der Waals surface area contributed by atoms with Gasteiger partial charge in [0.1, 0.15) is 0 Å². The zero-order valence-electron chi connectivity index (χ0n) is 15.4. The molecule has 0 spiro atoms. The lowest BCUT2D eigenvalue weighted by atomic mass is 9.84. The standard InChI is InChI=1S/C19H33N3O2/c1-15(2)17(20-9-4-3-5-10-20)19(24)22-13-11-21(12-14-22)18(23)16-7-6-8-16/h15-17H,3-14H2,1-2H3/t17-/m1/s1. The summed E-state index contributed by atoms with van der Waals surface area (Å²) in [6.45, 7) is 9.25. The molecule has 2 amide bonds. The van der Waals surface area contributed by atoms with Crippen molar-refractivity contribution in [1.29, 1.82) is 0 Å². The minimum Gasteiger partial charge on any atom is -0.339 e. The lowest BCUT2D eigenvalue weighted by Gasteiger charge is -2.42. The Balaban J connectivity index is 1.55. The van der Waals surface area contributed by atoms with Gasteiger partial charge in [0.15, 0.2) is 0 Å². The summed E-state index contributed by atoms with van der Waals surface area (Å²) in [6, 6.07) is 0.0131. The Morgan fingerprint density at radius 2 is 1.38 bits per heavy atom. The number of amides is 2. The molecule has 3 rings (SSSR count). The molecule has 0 aromatic rings. The number of hydrogen-bond acceptors (Lipinski definition) is 3. The second-order valence-corrected chi connectivity index (χ2v) is 8.06. The molecule has 1 saturated carbocycles. The smallest absolute Gasteiger partial charge is 0.240 e. The van der Waals surface area contributed by atoms with E-state index in [1.807, 2.05) is 9.80 Å². The fraction of sp³-hybridized carbons (Fsp3) is 0.895. The van der Waals surface area contributed by atoms with Gasteiger partial charge < -0.3 is 9.80 Å². The molecule has 0 aromatic carbocycles. The van der Waals surface area contributed by atoms with Gasteiger partial charge in [-0.25, -0.2) is 0 Å². The molecule has 2 heterocycles. The Hall–Kier alpha value is -1.10. The predicted molar refractivity (Wildman–Crippen MR) is 94.6 cm³/mol. The van der Waals surface area contributed by atoms with Gasteiger partial charge in [-0.3, -0.25) is 14.5 Å². The number of likely N-dealkylation sites (tertiary alicyclic amines) is 1. The second kappa shape index (κ2) is 7.85. The van der Waals surface area contributed by atoms with Crippen LogP contribution in [0.1, 0.15) is 52.4 Å². The summed E-state index contributed by atoms with van der Waals surface area (Å²) in [6.07, 6.45) is 7.02. The van der Waals surface area contributed by atoms with Crippen molar-refractivity contribution in [2.24, 2.45) is 11.8 Å². The van der Waals surface area contributed by atoms with Gasteiger partial charge in [-0.1, -0.05) is 26.7 Å². The molecule has 24 heavy (non-hydrogen) atoms. The van der Waals surface area contributed by atoms with E-state index < -0.39 is 0 Å². The average Bonchev–Trinajstić information content (AvgIpc) is 2.54. The van der Waals surface area contributed by atoms with Gasteiger partial charge >= 0.3 is 0 Å². The zero-order chi connectivity index (χ0) is 17.1. The molecule has 5 heteroatoms. The van der Waals surface area contributed by atoms with Crippen molar-refractivity contribution in [3.8, 4) is 0 Å².